The molecule has 0 saturated carbocycles. The molecule has 32 heavy (non-hydrogen) atoms. The number of hydrogen-bond acceptors (Lipinski definition) is 4. The lowest BCUT2D eigenvalue weighted by atomic mass is 9.88. The topological polar surface area (TPSA) is 83.6 Å². The minimum absolute atomic E-state index is 0.0562. The second kappa shape index (κ2) is 9.33. The van der Waals surface area contributed by atoms with Gasteiger partial charge in [-0.15, -0.1) is 0 Å². The number of carbonyl (C=O) groups is 2. The van der Waals surface area contributed by atoms with Crippen LogP contribution in [0, 0.1) is 12.8 Å². The molecule has 0 radical (unpaired) electrons. The molecule has 2 aromatic carbocycles. The molecule has 1 heterocycles. The van der Waals surface area contributed by atoms with Crippen LogP contribution in [0.3, 0.4) is 0 Å². The molecule has 1 aliphatic rings. The van der Waals surface area contributed by atoms with E-state index in [2.05, 4.69) is 4.72 Å². The number of nitrogens with zero attached hydrogens (tertiary/aromatic N) is 1. The zero-order chi connectivity index (χ0) is 23.7. The number of ketones is 1. The van der Waals surface area contributed by atoms with E-state index in [0.717, 1.165) is 5.56 Å². The Morgan fingerprint density at radius 3 is 2.12 bits per heavy atom. The van der Waals surface area contributed by atoms with Crippen molar-refractivity contribution in [3.8, 4) is 0 Å². The number of aryl methyl sites for hydroxylation is 1. The first kappa shape index (κ1) is 24.4. The third kappa shape index (κ3) is 5.77. The quantitative estimate of drug-likeness (QED) is 0.646. The Morgan fingerprint density at radius 1 is 1.00 bits per heavy atom. The van der Waals surface area contributed by atoms with E-state index in [-0.39, 0.29) is 33.1 Å². The highest BCUT2D eigenvalue weighted by molar-refractivity contribution is 7.89. The van der Waals surface area contributed by atoms with Gasteiger partial charge >= 0.3 is 0 Å². The van der Waals surface area contributed by atoms with E-state index in [1.807, 2.05) is 31.2 Å². The third-order valence-electron chi connectivity index (χ3n) is 5.40. The van der Waals surface area contributed by atoms with Crippen molar-refractivity contribution in [3.05, 3.63) is 64.2 Å². The number of nitrogens with one attached hydrogen (secondary N) is 1. The molecule has 0 aromatic heterocycles. The molecule has 1 amide bonds. The van der Waals surface area contributed by atoms with Crippen molar-refractivity contribution in [1.82, 2.24) is 9.62 Å². The van der Waals surface area contributed by atoms with Crippen molar-refractivity contribution in [3.63, 3.8) is 0 Å². The SMILES string of the molecule is Cc1ccc(C(=O)C2CCN(C(=O)c3ccc(Cl)c(S(=O)(=O)NC(C)(C)C)c3)CC2)cc1. The fourth-order valence-electron chi connectivity index (χ4n) is 3.78. The molecule has 172 valence electrons. The molecule has 8 heteroatoms. The second-order valence-corrected chi connectivity index (χ2v) is 11.4. The Labute approximate surface area is 195 Å². The maximum Gasteiger partial charge on any atom is 0.253 e. The number of benzene rings is 2. The fraction of sp³-hybridized carbons (Fsp3) is 0.417. The van der Waals surface area contributed by atoms with Crippen LogP contribution in [0.2, 0.25) is 5.02 Å². The summed E-state index contributed by atoms with van der Waals surface area (Å²) in [7, 11) is -3.89. The predicted octanol–water partition coefficient (Wildman–Crippen LogP) is 4.46. The van der Waals surface area contributed by atoms with Crippen LogP contribution < -0.4 is 4.72 Å². The Morgan fingerprint density at radius 2 is 1.56 bits per heavy atom. The number of hydrogen-bond donors (Lipinski definition) is 1. The summed E-state index contributed by atoms with van der Waals surface area (Å²) in [5.41, 5.74) is 1.36. The van der Waals surface area contributed by atoms with Crippen molar-refractivity contribution < 1.29 is 18.0 Å². The lowest BCUT2D eigenvalue weighted by molar-refractivity contribution is 0.0650. The first-order chi connectivity index (χ1) is 14.9. The van der Waals surface area contributed by atoms with Gasteiger partial charge in [0.1, 0.15) is 4.90 Å². The summed E-state index contributed by atoms with van der Waals surface area (Å²) in [6.07, 6.45) is 1.14. The summed E-state index contributed by atoms with van der Waals surface area (Å²) >= 11 is 6.14. The fourth-order valence-corrected chi connectivity index (χ4v) is 5.73. The summed E-state index contributed by atoms with van der Waals surface area (Å²) in [6.45, 7) is 8.05. The molecule has 0 spiro atoms. The van der Waals surface area contributed by atoms with E-state index < -0.39 is 15.6 Å². The molecule has 0 atom stereocenters. The zero-order valence-corrected chi connectivity index (χ0v) is 20.4. The van der Waals surface area contributed by atoms with Crippen molar-refractivity contribution in [2.24, 2.45) is 5.92 Å². The highest BCUT2D eigenvalue weighted by Gasteiger charge is 2.30. The number of halogens is 1. The number of piperidine rings is 1. The van der Waals surface area contributed by atoms with Crippen molar-refractivity contribution >= 4 is 33.3 Å². The Hall–Kier alpha value is -2.22. The smallest absolute Gasteiger partial charge is 0.253 e. The van der Waals surface area contributed by atoms with E-state index in [1.165, 1.54) is 18.2 Å². The van der Waals surface area contributed by atoms with Gasteiger partial charge in [0.05, 0.1) is 5.02 Å². The third-order valence-corrected chi connectivity index (χ3v) is 7.64. The molecular weight excluding hydrogens is 448 g/mol. The van der Waals surface area contributed by atoms with Gasteiger partial charge in [0.2, 0.25) is 10.0 Å². The molecule has 1 saturated heterocycles. The highest BCUT2D eigenvalue weighted by atomic mass is 35.5. The van der Waals surface area contributed by atoms with E-state index >= 15 is 0 Å². The van der Waals surface area contributed by atoms with E-state index in [4.69, 9.17) is 11.6 Å². The predicted molar refractivity (Wildman–Crippen MR) is 126 cm³/mol. The number of rotatable bonds is 5. The molecular formula is C24H29ClN2O4S. The number of amides is 1. The van der Waals surface area contributed by atoms with Gasteiger partial charge in [-0.3, -0.25) is 9.59 Å². The normalized spacial score (nSPS) is 15.6. The molecule has 0 unspecified atom stereocenters. The molecule has 1 aliphatic heterocycles. The maximum absolute atomic E-state index is 13.0. The van der Waals surface area contributed by atoms with Crippen LogP contribution in [0.25, 0.3) is 0 Å². The summed E-state index contributed by atoms with van der Waals surface area (Å²) in [4.78, 5) is 27.4. The maximum atomic E-state index is 13.0. The van der Waals surface area contributed by atoms with Gasteiger partial charge in [-0.05, 0) is 58.7 Å². The molecule has 3 rings (SSSR count). The van der Waals surface area contributed by atoms with Gasteiger partial charge in [-0.2, -0.15) is 0 Å². The Kier molecular flexibility index (Phi) is 7.12. The Bertz CT molecular complexity index is 1110. The minimum atomic E-state index is -3.89. The monoisotopic (exact) mass is 476 g/mol. The second-order valence-electron chi connectivity index (χ2n) is 9.30. The highest BCUT2D eigenvalue weighted by Crippen LogP contribution is 2.27. The number of sulfonamides is 1. The minimum Gasteiger partial charge on any atom is -0.339 e. The standard InChI is InChI=1S/C24H29ClN2O4S/c1-16-5-7-17(8-6-16)22(28)18-11-13-27(14-12-18)23(29)19-9-10-20(25)21(15-19)32(30,31)26-24(2,3)4/h5-10,15,18,26H,11-14H2,1-4H3. The van der Waals surface area contributed by atoms with Crippen LogP contribution in [0.5, 0.6) is 0 Å². The van der Waals surface area contributed by atoms with Crippen molar-refractivity contribution in [1.29, 1.82) is 0 Å². The Balaban J connectivity index is 1.71. The van der Waals surface area contributed by atoms with Crippen LogP contribution in [-0.2, 0) is 10.0 Å². The van der Waals surface area contributed by atoms with Crippen LogP contribution in [0.1, 0.15) is 59.9 Å². The molecule has 1 N–H and O–H groups in total. The van der Waals surface area contributed by atoms with Crippen molar-refractivity contribution in [2.75, 3.05) is 13.1 Å². The van der Waals surface area contributed by atoms with Crippen LogP contribution in [-0.4, -0.2) is 43.6 Å². The number of likely N-dealkylation sites (tertiary alicyclic amines) is 1. The van der Waals surface area contributed by atoms with Gasteiger partial charge in [-0.25, -0.2) is 13.1 Å². The van der Waals surface area contributed by atoms with Crippen LogP contribution in [0.15, 0.2) is 47.4 Å². The molecule has 2 aromatic rings. The van der Waals surface area contributed by atoms with Crippen LogP contribution >= 0.6 is 11.6 Å². The number of carbonyl (C=O) groups excluding carboxylic acids is 2. The van der Waals surface area contributed by atoms with E-state index in [9.17, 15) is 18.0 Å². The van der Waals surface area contributed by atoms with Gasteiger partial charge in [0.25, 0.3) is 5.91 Å². The van der Waals surface area contributed by atoms with E-state index in [1.54, 1.807) is 25.7 Å². The zero-order valence-electron chi connectivity index (χ0n) is 18.8. The molecule has 1 fully saturated rings. The summed E-state index contributed by atoms with van der Waals surface area (Å²) in [6, 6.07) is 11.8. The summed E-state index contributed by atoms with van der Waals surface area (Å²) in [5.74, 6) is -0.292. The van der Waals surface area contributed by atoms with Gasteiger partial charge in [0.15, 0.2) is 5.78 Å². The largest absolute Gasteiger partial charge is 0.339 e. The van der Waals surface area contributed by atoms with Crippen LogP contribution in [0.4, 0.5) is 0 Å². The average Bonchev–Trinajstić information content (AvgIpc) is 2.72. The first-order valence-electron chi connectivity index (χ1n) is 10.6. The average molecular weight is 477 g/mol. The molecule has 6 nitrogen and oxygen atoms in total. The molecule has 0 aliphatic carbocycles. The molecule has 0 bridgehead atoms. The lowest BCUT2D eigenvalue weighted by Crippen LogP contribution is -2.41. The first-order valence-corrected chi connectivity index (χ1v) is 12.5. The van der Waals surface area contributed by atoms with Crippen molar-refractivity contribution in [2.45, 2.75) is 51.0 Å². The lowest BCUT2D eigenvalue weighted by Gasteiger charge is -2.31. The van der Waals surface area contributed by atoms with Gasteiger partial charge < -0.3 is 4.90 Å². The van der Waals surface area contributed by atoms with E-state index in [0.29, 0.717) is 31.5 Å². The van der Waals surface area contributed by atoms with Gasteiger partial charge in [-0.1, -0.05) is 41.4 Å². The summed E-state index contributed by atoms with van der Waals surface area (Å²) in [5, 5.41) is 0.0562. The number of Topliss-reactive ketones (excluding diaryl/α,β-unsaturated/α-hetero) is 1. The van der Waals surface area contributed by atoms with Gasteiger partial charge in [0, 0.05) is 35.7 Å². The summed E-state index contributed by atoms with van der Waals surface area (Å²) < 4.78 is 28.0.